The predicted molar refractivity (Wildman–Crippen MR) is 111 cm³/mol. The highest BCUT2D eigenvalue weighted by Gasteiger charge is 2.25. The first-order valence-corrected chi connectivity index (χ1v) is 10.2. The number of rotatable bonds is 3. The highest BCUT2D eigenvalue weighted by molar-refractivity contribution is 5.99. The number of aromatic amines is 1. The van der Waals surface area contributed by atoms with E-state index >= 15 is 0 Å². The number of ether oxygens (including phenoxy) is 2. The highest BCUT2D eigenvalue weighted by Crippen LogP contribution is 2.32. The lowest BCUT2D eigenvalue weighted by Crippen LogP contribution is -3.13. The van der Waals surface area contributed by atoms with Crippen LogP contribution in [0.3, 0.4) is 0 Å². The zero-order valence-corrected chi connectivity index (χ0v) is 16.9. The fourth-order valence-electron chi connectivity index (χ4n) is 4.32. The molecule has 3 heterocycles. The third kappa shape index (κ3) is 3.34. The lowest BCUT2D eigenvalue weighted by Gasteiger charge is -2.32. The van der Waals surface area contributed by atoms with E-state index in [0.29, 0.717) is 6.79 Å². The van der Waals surface area contributed by atoms with Crippen LogP contribution in [0, 0.1) is 13.8 Å². The van der Waals surface area contributed by atoms with E-state index < -0.39 is 0 Å². The van der Waals surface area contributed by atoms with Crippen molar-refractivity contribution in [1.29, 1.82) is 0 Å². The standard InChI is InChI=1S/C23H25N3O3/c1-15-16(2)24-20-5-4-18(12-19(15)20)23(27)26-9-7-25(8-10-26)13-17-3-6-21-22(11-17)29-14-28-21/h3-6,11-12,24H,7-10,13-14H2,1-2H3/p+1. The van der Waals surface area contributed by atoms with Crippen molar-refractivity contribution in [2.45, 2.75) is 20.4 Å². The molecule has 2 aromatic carbocycles. The Labute approximate surface area is 170 Å². The number of nitrogens with one attached hydrogen (secondary N) is 2. The topological polar surface area (TPSA) is 59.0 Å². The number of amides is 1. The Balaban J connectivity index is 1.23. The number of fused-ring (bicyclic) bond motifs is 2. The van der Waals surface area contributed by atoms with E-state index in [1.54, 1.807) is 0 Å². The SMILES string of the molecule is Cc1[nH]c2ccc(C(=O)N3CC[NH+](Cc4ccc5c(c4)OCO5)CC3)cc2c1C. The molecule has 150 valence electrons. The van der Waals surface area contributed by atoms with Gasteiger partial charge in [0, 0.05) is 27.7 Å². The molecule has 0 saturated carbocycles. The van der Waals surface area contributed by atoms with E-state index in [0.717, 1.165) is 66.4 Å². The van der Waals surface area contributed by atoms with Gasteiger partial charge in [0.15, 0.2) is 11.5 Å². The van der Waals surface area contributed by atoms with Crippen molar-refractivity contribution in [2.24, 2.45) is 0 Å². The first-order chi connectivity index (χ1) is 14.1. The van der Waals surface area contributed by atoms with Crippen LogP contribution in [-0.2, 0) is 6.54 Å². The molecule has 0 bridgehead atoms. The summed E-state index contributed by atoms with van der Waals surface area (Å²) in [5.41, 5.74) is 5.49. The van der Waals surface area contributed by atoms with Gasteiger partial charge in [-0.05, 0) is 55.8 Å². The maximum absolute atomic E-state index is 13.0. The Bertz CT molecular complexity index is 1080. The summed E-state index contributed by atoms with van der Waals surface area (Å²) in [6.45, 7) is 8.87. The molecule has 1 saturated heterocycles. The van der Waals surface area contributed by atoms with Crippen LogP contribution in [0.15, 0.2) is 36.4 Å². The molecule has 1 fully saturated rings. The van der Waals surface area contributed by atoms with Crippen LogP contribution in [0.25, 0.3) is 10.9 Å². The molecule has 6 nitrogen and oxygen atoms in total. The summed E-state index contributed by atoms with van der Waals surface area (Å²) in [5.74, 6) is 1.79. The highest BCUT2D eigenvalue weighted by atomic mass is 16.7. The van der Waals surface area contributed by atoms with Crippen LogP contribution >= 0.6 is 0 Å². The smallest absolute Gasteiger partial charge is 0.254 e. The summed E-state index contributed by atoms with van der Waals surface area (Å²) in [6, 6.07) is 12.1. The first-order valence-electron chi connectivity index (χ1n) is 10.2. The number of aromatic nitrogens is 1. The van der Waals surface area contributed by atoms with Crippen LogP contribution < -0.4 is 14.4 Å². The largest absolute Gasteiger partial charge is 0.454 e. The number of aryl methyl sites for hydroxylation is 2. The number of benzene rings is 2. The second kappa shape index (κ2) is 7.12. The summed E-state index contributed by atoms with van der Waals surface area (Å²) in [5, 5.41) is 1.14. The molecule has 6 heteroatoms. The molecule has 0 unspecified atom stereocenters. The molecule has 0 spiro atoms. The molecule has 1 aromatic heterocycles. The number of carbonyl (C=O) groups is 1. The van der Waals surface area contributed by atoms with Gasteiger partial charge in [0.1, 0.15) is 6.54 Å². The second-order valence-corrected chi connectivity index (χ2v) is 8.04. The minimum atomic E-state index is 0.132. The normalized spacial score (nSPS) is 16.6. The van der Waals surface area contributed by atoms with Crippen molar-refractivity contribution < 1.29 is 19.2 Å². The molecule has 1 amide bonds. The average molecular weight is 392 g/mol. The Morgan fingerprint density at radius 1 is 1.07 bits per heavy atom. The van der Waals surface area contributed by atoms with Crippen molar-refractivity contribution in [1.82, 2.24) is 9.88 Å². The molecule has 3 aromatic rings. The molecule has 0 aliphatic carbocycles. The van der Waals surface area contributed by atoms with Gasteiger partial charge in [-0.25, -0.2) is 0 Å². The predicted octanol–water partition coefficient (Wildman–Crippen LogP) is 2.05. The van der Waals surface area contributed by atoms with E-state index in [2.05, 4.69) is 31.0 Å². The monoisotopic (exact) mass is 392 g/mol. The molecule has 0 radical (unpaired) electrons. The third-order valence-electron chi connectivity index (χ3n) is 6.20. The number of carbonyl (C=O) groups excluding carboxylic acids is 1. The number of hydrogen-bond acceptors (Lipinski definition) is 3. The summed E-state index contributed by atoms with van der Waals surface area (Å²) < 4.78 is 10.9. The van der Waals surface area contributed by atoms with Crippen molar-refractivity contribution in [3.8, 4) is 11.5 Å². The molecular formula is C23H26N3O3+. The molecule has 5 rings (SSSR count). The molecule has 2 aliphatic heterocycles. The van der Waals surface area contributed by atoms with Gasteiger partial charge in [-0.2, -0.15) is 0 Å². The Morgan fingerprint density at radius 3 is 2.69 bits per heavy atom. The van der Waals surface area contributed by atoms with Crippen LogP contribution in [0.5, 0.6) is 11.5 Å². The minimum Gasteiger partial charge on any atom is -0.454 e. The number of nitrogens with zero attached hydrogens (tertiary/aromatic N) is 1. The van der Waals surface area contributed by atoms with Crippen molar-refractivity contribution in [3.05, 3.63) is 58.8 Å². The number of H-pyrrole nitrogens is 1. The Hall–Kier alpha value is -2.99. The quantitative estimate of drug-likeness (QED) is 0.717. The van der Waals surface area contributed by atoms with Crippen LogP contribution in [0.1, 0.15) is 27.2 Å². The van der Waals surface area contributed by atoms with Crippen molar-refractivity contribution in [2.75, 3.05) is 33.0 Å². The molecule has 0 atom stereocenters. The number of hydrogen-bond donors (Lipinski definition) is 2. The lowest BCUT2D eigenvalue weighted by molar-refractivity contribution is -0.917. The van der Waals surface area contributed by atoms with Crippen LogP contribution in [-0.4, -0.2) is 48.8 Å². The Morgan fingerprint density at radius 2 is 1.86 bits per heavy atom. The van der Waals surface area contributed by atoms with Gasteiger partial charge in [-0.3, -0.25) is 4.79 Å². The molecule has 2 N–H and O–H groups in total. The molecule has 29 heavy (non-hydrogen) atoms. The van der Waals surface area contributed by atoms with Gasteiger partial charge < -0.3 is 24.3 Å². The zero-order valence-electron chi connectivity index (χ0n) is 16.9. The van der Waals surface area contributed by atoms with E-state index in [9.17, 15) is 4.79 Å². The van der Waals surface area contributed by atoms with Gasteiger partial charge >= 0.3 is 0 Å². The van der Waals surface area contributed by atoms with E-state index in [1.165, 1.54) is 16.0 Å². The summed E-state index contributed by atoms with van der Waals surface area (Å²) >= 11 is 0. The number of quaternary nitrogens is 1. The maximum atomic E-state index is 13.0. The fourth-order valence-corrected chi connectivity index (χ4v) is 4.32. The van der Waals surface area contributed by atoms with Gasteiger partial charge in [0.2, 0.25) is 6.79 Å². The second-order valence-electron chi connectivity index (χ2n) is 8.04. The lowest BCUT2D eigenvalue weighted by atomic mass is 10.1. The van der Waals surface area contributed by atoms with Gasteiger partial charge in [-0.1, -0.05) is 0 Å². The Kier molecular flexibility index (Phi) is 4.43. The van der Waals surface area contributed by atoms with Gasteiger partial charge in [0.25, 0.3) is 5.91 Å². The van der Waals surface area contributed by atoms with Crippen LogP contribution in [0.4, 0.5) is 0 Å². The summed E-state index contributed by atoms with van der Waals surface area (Å²) in [4.78, 5) is 19.9. The first kappa shape index (κ1) is 18.1. The zero-order chi connectivity index (χ0) is 20.0. The fraction of sp³-hybridized carbons (Fsp3) is 0.348. The third-order valence-corrected chi connectivity index (χ3v) is 6.20. The van der Waals surface area contributed by atoms with Crippen molar-refractivity contribution >= 4 is 16.8 Å². The summed E-state index contributed by atoms with van der Waals surface area (Å²) in [6.07, 6.45) is 0. The molecular weight excluding hydrogens is 366 g/mol. The minimum absolute atomic E-state index is 0.132. The van der Waals surface area contributed by atoms with E-state index in [1.807, 2.05) is 29.2 Å². The number of piperazine rings is 1. The van der Waals surface area contributed by atoms with Crippen molar-refractivity contribution in [3.63, 3.8) is 0 Å². The average Bonchev–Trinajstić information content (AvgIpc) is 3.32. The van der Waals surface area contributed by atoms with Gasteiger partial charge in [-0.15, -0.1) is 0 Å². The van der Waals surface area contributed by atoms with Gasteiger partial charge in [0.05, 0.1) is 26.2 Å². The summed E-state index contributed by atoms with van der Waals surface area (Å²) in [7, 11) is 0. The van der Waals surface area contributed by atoms with E-state index in [4.69, 9.17) is 9.47 Å². The van der Waals surface area contributed by atoms with Crippen LogP contribution in [0.2, 0.25) is 0 Å². The molecule has 2 aliphatic rings. The maximum Gasteiger partial charge on any atom is 0.254 e. The van der Waals surface area contributed by atoms with E-state index in [-0.39, 0.29) is 5.91 Å².